The average Bonchev–Trinajstić information content (AvgIpc) is 2.96. The maximum Gasteiger partial charge on any atom is 0.209 e. The van der Waals surface area contributed by atoms with Gasteiger partial charge in [0.05, 0.1) is 17.0 Å². The molecule has 0 aliphatic rings. The highest BCUT2D eigenvalue weighted by Gasteiger charge is 2.24. The highest BCUT2D eigenvalue weighted by molar-refractivity contribution is 7.84. The van der Waals surface area contributed by atoms with Gasteiger partial charge in [0, 0.05) is 27.3 Å². The Labute approximate surface area is 126 Å². The third kappa shape index (κ3) is 3.55. The molecule has 0 saturated carbocycles. The largest absolute Gasteiger partial charge is 0.444 e. The molecule has 2 aromatic heterocycles. The van der Waals surface area contributed by atoms with E-state index in [1.807, 2.05) is 13.8 Å². The van der Waals surface area contributed by atoms with E-state index in [4.69, 9.17) is 4.42 Å². The van der Waals surface area contributed by atoms with Gasteiger partial charge < -0.3 is 4.42 Å². The predicted octanol–water partition coefficient (Wildman–Crippen LogP) is 3.75. The summed E-state index contributed by atoms with van der Waals surface area (Å²) in [5.74, 6) is 1.87. The maximum absolute atomic E-state index is 12.4. The number of hydrogen-bond acceptors (Lipinski definition) is 5. The number of nitrogens with zero attached hydrogens (tertiary/aromatic N) is 2. The SMILES string of the molecule is Cc1ncc(CS(=O)C(C)c2ncc(C(C)(C)C)o2)s1. The van der Waals surface area contributed by atoms with E-state index in [1.54, 1.807) is 23.7 Å². The van der Waals surface area contributed by atoms with Crippen molar-refractivity contribution in [1.82, 2.24) is 9.97 Å². The fraction of sp³-hybridized carbons (Fsp3) is 0.571. The Kier molecular flexibility index (Phi) is 4.44. The van der Waals surface area contributed by atoms with Crippen LogP contribution in [-0.2, 0) is 22.0 Å². The van der Waals surface area contributed by atoms with Crippen molar-refractivity contribution in [3.05, 3.63) is 33.9 Å². The highest BCUT2D eigenvalue weighted by atomic mass is 32.2. The molecule has 4 nitrogen and oxygen atoms in total. The molecular formula is C14H20N2O2S2. The summed E-state index contributed by atoms with van der Waals surface area (Å²) in [7, 11) is -1.05. The lowest BCUT2D eigenvalue weighted by atomic mass is 9.94. The second-order valence-electron chi connectivity index (χ2n) is 5.83. The van der Waals surface area contributed by atoms with Gasteiger partial charge in [-0.25, -0.2) is 9.97 Å². The van der Waals surface area contributed by atoms with Crippen LogP contribution < -0.4 is 0 Å². The van der Waals surface area contributed by atoms with Gasteiger partial charge in [-0.15, -0.1) is 11.3 Å². The lowest BCUT2D eigenvalue weighted by Crippen LogP contribution is -2.09. The minimum absolute atomic E-state index is 0.0821. The van der Waals surface area contributed by atoms with E-state index < -0.39 is 10.8 Å². The molecule has 6 heteroatoms. The molecule has 0 spiro atoms. The first-order chi connectivity index (χ1) is 9.27. The normalized spacial score (nSPS) is 15.2. The molecule has 2 unspecified atom stereocenters. The molecule has 0 bridgehead atoms. The van der Waals surface area contributed by atoms with Crippen LogP contribution in [0.15, 0.2) is 16.8 Å². The van der Waals surface area contributed by atoms with Gasteiger partial charge in [0.15, 0.2) is 0 Å². The highest BCUT2D eigenvalue weighted by Crippen LogP contribution is 2.28. The van der Waals surface area contributed by atoms with E-state index in [1.165, 1.54) is 0 Å². The molecule has 110 valence electrons. The predicted molar refractivity (Wildman–Crippen MR) is 82.3 cm³/mol. The van der Waals surface area contributed by atoms with E-state index in [0.717, 1.165) is 15.6 Å². The molecule has 0 N–H and O–H groups in total. The smallest absolute Gasteiger partial charge is 0.209 e. The zero-order valence-corrected chi connectivity index (χ0v) is 14.1. The van der Waals surface area contributed by atoms with Crippen molar-refractivity contribution in [2.45, 2.75) is 51.0 Å². The van der Waals surface area contributed by atoms with Gasteiger partial charge in [0.25, 0.3) is 0 Å². The molecule has 0 aliphatic carbocycles. The van der Waals surface area contributed by atoms with E-state index in [9.17, 15) is 4.21 Å². The molecule has 0 amide bonds. The lowest BCUT2D eigenvalue weighted by Gasteiger charge is -2.13. The van der Waals surface area contributed by atoms with Gasteiger partial charge in [-0.1, -0.05) is 20.8 Å². The third-order valence-corrected chi connectivity index (χ3v) is 5.64. The van der Waals surface area contributed by atoms with Gasteiger partial charge in [-0.3, -0.25) is 4.21 Å². The Balaban J connectivity index is 2.08. The molecule has 2 rings (SSSR count). The van der Waals surface area contributed by atoms with Crippen LogP contribution in [0.2, 0.25) is 0 Å². The van der Waals surface area contributed by atoms with Crippen molar-refractivity contribution < 1.29 is 8.63 Å². The third-order valence-electron chi connectivity index (χ3n) is 2.96. The minimum Gasteiger partial charge on any atom is -0.444 e. The van der Waals surface area contributed by atoms with Gasteiger partial charge in [-0.05, 0) is 13.8 Å². The first-order valence-electron chi connectivity index (χ1n) is 6.52. The van der Waals surface area contributed by atoms with Crippen LogP contribution in [0.3, 0.4) is 0 Å². The molecule has 2 heterocycles. The van der Waals surface area contributed by atoms with Crippen LogP contribution in [0.5, 0.6) is 0 Å². The molecule has 0 saturated heterocycles. The number of aromatic nitrogens is 2. The molecule has 0 aliphatic heterocycles. The van der Waals surface area contributed by atoms with E-state index in [-0.39, 0.29) is 10.7 Å². The summed E-state index contributed by atoms with van der Waals surface area (Å²) >= 11 is 1.58. The van der Waals surface area contributed by atoms with Gasteiger partial charge in [0.1, 0.15) is 11.0 Å². The van der Waals surface area contributed by atoms with Crippen LogP contribution in [0, 0.1) is 6.92 Å². The summed E-state index contributed by atoms with van der Waals surface area (Å²) in [5.41, 5.74) is -0.0821. The molecular weight excluding hydrogens is 292 g/mol. The fourth-order valence-electron chi connectivity index (χ4n) is 1.67. The van der Waals surface area contributed by atoms with E-state index in [2.05, 4.69) is 30.7 Å². The Bertz CT molecular complexity index is 611. The second kappa shape index (κ2) is 5.77. The second-order valence-corrected chi connectivity index (χ2v) is 8.90. The summed E-state index contributed by atoms with van der Waals surface area (Å²) in [6, 6.07) is 0. The summed E-state index contributed by atoms with van der Waals surface area (Å²) in [6.45, 7) is 10.0. The van der Waals surface area contributed by atoms with Crippen LogP contribution in [0.1, 0.15) is 54.5 Å². The fourth-order valence-corrected chi connectivity index (χ4v) is 3.79. The standard InChI is InChI=1S/C14H20N2O2S2/c1-9(13-16-7-12(18-13)14(3,4)5)20(17)8-11-6-15-10(2)19-11/h6-7,9H,8H2,1-5H3. The Morgan fingerprint density at radius 3 is 2.55 bits per heavy atom. The summed E-state index contributed by atoms with van der Waals surface area (Å²) in [6.07, 6.45) is 3.53. The number of aryl methyl sites for hydroxylation is 1. The number of hydrogen-bond donors (Lipinski definition) is 0. The molecule has 2 atom stereocenters. The van der Waals surface area contributed by atoms with Crippen LogP contribution >= 0.6 is 11.3 Å². The topological polar surface area (TPSA) is 56.0 Å². The zero-order valence-electron chi connectivity index (χ0n) is 12.5. The lowest BCUT2D eigenvalue weighted by molar-refractivity contribution is 0.382. The molecule has 2 aromatic rings. The van der Waals surface area contributed by atoms with Crippen LogP contribution in [0.25, 0.3) is 0 Å². The van der Waals surface area contributed by atoms with Crippen molar-refractivity contribution in [2.75, 3.05) is 0 Å². The number of rotatable bonds is 4. The number of oxazole rings is 1. The summed E-state index contributed by atoms with van der Waals surface area (Å²) in [5, 5.41) is 0.782. The monoisotopic (exact) mass is 312 g/mol. The van der Waals surface area contributed by atoms with Gasteiger partial charge >= 0.3 is 0 Å². The maximum atomic E-state index is 12.4. The molecule has 20 heavy (non-hydrogen) atoms. The number of thiazole rings is 1. The van der Waals surface area contributed by atoms with E-state index >= 15 is 0 Å². The van der Waals surface area contributed by atoms with Gasteiger partial charge in [-0.2, -0.15) is 0 Å². The Morgan fingerprint density at radius 2 is 2.05 bits per heavy atom. The van der Waals surface area contributed by atoms with Crippen LogP contribution in [-0.4, -0.2) is 14.2 Å². The van der Waals surface area contributed by atoms with E-state index in [0.29, 0.717) is 11.6 Å². The summed E-state index contributed by atoms with van der Waals surface area (Å²) < 4.78 is 18.1. The molecule has 0 aromatic carbocycles. The zero-order chi connectivity index (χ0) is 14.9. The minimum atomic E-state index is -1.05. The molecule has 0 radical (unpaired) electrons. The van der Waals surface area contributed by atoms with Crippen molar-refractivity contribution in [1.29, 1.82) is 0 Å². The van der Waals surface area contributed by atoms with Crippen molar-refractivity contribution in [3.63, 3.8) is 0 Å². The first kappa shape index (κ1) is 15.4. The van der Waals surface area contributed by atoms with Crippen molar-refractivity contribution in [3.8, 4) is 0 Å². The Morgan fingerprint density at radius 1 is 1.35 bits per heavy atom. The Hall–Kier alpha value is -1.01. The summed E-state index contributed by atoms with van der Waals surface area (Å²) in [4.78, 5) is 9.50. The van der Waals surface area contributed by atoms with Crippen LogP contribution in [0.4, 0.5) is 0 Å². The average molecular weight is 312 g/mol. The quantitative estimate of drug-likeness (QED) is 0.863. The van der Waals surface area contributed by atoms with Gasteiger partial charge in [0.2, 0.25) is 5.89 Å². The first-order valence-corrected chi connectivity index (χ1v) is 8.72. The molecule has 0 fully saturated rings. The van der Waals surface area contributed by atoms with Crippen molar-refractivity contribution >= 4 is 22.1 Å². The van der Waals surface area contributed by atoms with Crippen molar-refractivity contribution in [2.24, 2.45) is 0 Å².